The summed E-state index contributed by atoms with van der Waals surface area (Å²) in [5.41, 5.74) is 2.30. The molecule has 1 heterocycles. The van der Waals surface area contributed by atoms with Crippen molar-refractivity contribution in [3.8, 4) is 0 Å². The largest absolute Gasteiger partial charge is 0.340 e. The zero-order valence-electron chi connectivity index (χ0n) is 11.6. The molecular formula is C16H18Cl2N2. The lowest BCUT2D eigenvalue weighted by Crippen LogP contribution is -2.49. The van der Waals surface area contributed by atoms with E-state index in [1.54, 1.807) is 0 Å². The van der Waals surface area contributed by atoms with Gasteiger partial charge in [-0.3, -0.25) is 0 Å². The van der Waals surface area contributed by atoms with Crippen LogP contribution in [0.4, 0.5) is 5.69 Å². The van der Waals surface area contributed by atoms with Crippen LogP contribution in [0.15, 0.2) is 23.2 Å². The van der Waals surface area contributed by atoms with E-state index in [1.807, 2.05) is 12.1 Å². The summed E-state index contributed by atoms with van der Waals surface area (Å²) in [4.78, 5) is 6.76. The lowest BCUT2D eigenvalue weighted by molar-refractivity contribution is 0.147. The van der Waals surface area contributed by atoms with Gasteiger partial charge in [-0.2, -0.15) is 0 Å². The lowest BCUT2D eigenvalue weighted by Gasteiger charge is -2.46. The number of fused-ring (bicyclic) bond motifs is 1. The van der Waals surface area contributed by atoms with E-state index < -0.39 is 0 Å². The molecule has 4 heteroatoms. The van der Waals surface area contributed by atoms with Gasteiger partial charge in [-0.05, 0) is 60.9 Å². The molecule has 0 spiro atoms. The Balaban J connectivity index is 1.90. The molecule has 3 aliphatic rings. The summed E-state index contributed by atoms with van der Waals surface area (Å²) in [6.07, 6.45) is 6.47. The predicted molar refractivity (Wildman–Crippen MR) is 83.9 cm³/mol. The Morgan fingerprint density at radius 2 is 2.00 bits per heavy atom. The van der Waals surface area contributed by atoms with Crippen molar-refractivity contribution in [1.29, 1.82) is 0 Å². The number of nitrogens with zero attached hydrogens (tertiary/aromatic N) is 2. The maximum atomic E-state index is 6.44. The second-order valence-corrected chi connectivity index (χ2v) is 7.22. The molecule has 2 nitrogen and oxygen atoms in total. The number of rotatable bonds is 3. The van der Waals surface area contributed by atoms with E-state index in [-0.39, 0.29) is 5.54 Å². The van der Waals surface area contributed by atoms with Gasteiger partial charge in [0.1, 0.15) is 0 Å². The molecule has 1 unspecified atom stereocenters. The van der Waals surface area contributed by atoms with Crippen molar-refractivity contribution >= 4 is 34.2 Å². The van der Waals surface area contributed by atoms with Crippen LogP contribution in [-0.2, 0) is 5.54 Å². The smallest absolute Gasteiger partial charge is 0.199 e. The summed E-state index contributed by atoms with van der Waals surface area (Å²) in [7, 11) is 2.09. The zero-order valence-corrected chi connectivity index (χ0v) is 13.1. The van der Waals surface area contributed by atoms with E-state index in [0.717, 1.165) is 16.6 Å². The highest BCUT2D eigenvalue weighted by molar-refractivity contribution is 6.65. The lowest BCUT2D eigenvalue weighted by atomic mass is 9.77. The number of halogens is 2. The first-order valence-corrected chi connectivity index (χ1v) is 8.15. The van der Waals surface area contributed by atoms with Crippen molar-refractivity contribution in [2.75, 3.05) is 7.05 Å². The monoisotopic (exact) mass is 308 g/mol. The molecule has 1 aromatic carbocycles. The third-order valence-corrected chi connectivity index (χ3v) is 5.64. The first kappa shape index (κ1) is 13.0. The molecule has 106 valence electrons. The Kier molecular flexibility index (Phi) is 2.84. The fraction of sp³-hybridized carbons (Fsp3) is 0.562. The Morgan fingerprint density at radius 3 is 2.65 bits per heavy atom. The van der Waals surface area contributed by atoms with Gasteiger partial charge in [0.15, 0.2) is 5.29 Å². The zero-order chi connectivity index (χ0) is 13.9. The van der Waals surface area contributed by atoms with Crippen LogP contribution >= 0.6 is 23.2 Å². The minimum atomic E-state index is 0.0141. The van der Waals surface area contributed by atoms with Crippen LogP contribution < -0.4 is 0 Å². The van der Waals surface area contributed by atoms with Crippen molar-refractivity contribution in [1.82, 2.24) is 4.90 Å². The van der Waals surface area contributed by atoms with E-state index in [9.17, 15) is 0 Å². The summed E-state index contributed by atoms with van der Waals surface area (Å²) in [5, 5.41) is 1.42. The van der Waals surface area contributed by atoms with Crippen LogP contribution in [0.25, 0.3) is 0 Å². The van der Waals surface area contributed by atoms with Crippen molar-refractivity contribution in [2.45, 2.75) is 37.6 Å². The van der Waals surface area contributed by atoms with Crippen LogP contribution in [0.1, 0.15) is 37.7 Å². The number of hydrogen-bond donors (Lipinski definition) is 0. The number of aliphatic imine (C=N–C) groups is 1. The third kappa shape index (κ3) is 1.88. The Labute approximate surface area is 129 Å². The van der Waals surface area contributed by atoms with Gasteiger partial charge in [0.05, 0.1) is 11.2 Å². The second kappa shape index (κ2) is 4.38. The molecule has 0 N–H and O–H groups in total. The maximum Gasteiger partial charge on any atom is 0.199 e. The van der Waals surface area contributed by atoms with Crippen LogP contribution in [-0.4, -0.2) is 17.2 Å². The normalized spacial score (nSPS) is 29.1. The minimum Gasteiger partial charge on any atom is -0.340 e. The molecule has 0 radical (unpaired) electrons. The third-order valence-electron chi connectivity index (χ3n) is 5.06. The van der Waals surface area contributed by atoms with Crippen LogP contribution in [0.5, 0.6) is 0 Å². The molecule has 1 atom stereocenters. The highest BCUT2D eigenvalue weighted by Crippen LogP contribution is 2.59. The molecule has 4 rings (SSSR count). The number of benzene rings is 1. The van der Waals surface area contributed by atoms with Gasteiger partial charge in [-0.25, -0.2) is 4.99 Å². The Morgan fingerprint density at radius 1 is 1.25 bits per heavy atom. The average molecular weight is 309 g/mol. The first-order chi connectivity index (χ1) is 9.61. The Bertz CT molecular complexity index is 590. The summed E-state index contributed by atoms with van der Waals surface area (Å²) < 4.78 is 0. The maximum absolute atomic E-state index is 6.44. The molecule has 20 heavy (non-hydrogen) atoms. The highest BCUT2D eigenvalue weighted by atomic mass is 35.5. The Hall–Kier alpha value is -0.730. The van der Waals surface area contributed by atoms with E-state index in [2.05, 4.69) is 23.0 Å². The van der Waals surface area contributed by atoms with Crippen LogP contribution in [0.2, 0.25) is 5.02 Å². The predicted octanol–water partition coefficient (Wildman–Crippen LogP) is 4.92. The minimum absolute atomic E-state index is 0.0141. The highest BCUT2D eigenvalue weighted by Gasteiger charge is 2.54. The van der Waals surface area contributed by atoms with Gasteiger partial charge < -0.3 is 4.90 Å². The molecule has 1 aromatic rings. The molecule has 2 saturated carbocycles. The summed E-state index contributed by atoms with van der Waals surface area (Å²) in [6, 6.07) is 6.03. The number of hydrogen-bond acceptors (Lipinski definition) is 2. The van der Waals surface area contributed by atoms with Crippen molar-refractivity contribution in [2.24, 2.45) is 16.8 Å². The summed E-state index contributed by atoms with van der Waals surface area (Å²) in [6.45, 7) is 0. The second-order valence-electron chi connectivity index (χ2n) is 6.45. The quantitative estimate of drug-likeness (QED) is 0.724. The van der Waals surface area contributed by atoms with Crippen molar-refractivity contribution < 1.29 is 0 Å². The van der Waals surface area contributed by atoms with Crippen molar-refractivity contribution in [3.05, 3.63) is 28.8 Å². The van der Waals surface area contributed by atoms with Gasteiger partial charge in [0.25, 0.3) is 0 Å². The van der Waals surface area contributed by atoms with Crippen molar-refractivity contribution in [3.63, 3.8) is 0 Å². The summed E-state index contributed by atoms with van der Waals surface area (Å²) >= 11 is 12.7. The summed E-state index contributed by atoms with van der Waals surface area (Å²) in [5.74, 6) is 1.53. The van der Waals surface area contributed by atoms with Gasteiger partial charge in [-0.1, -0.05) is 24.4 Å². The SMILES string of the molecule is CN1C(Cl)=Nc2ccc(Cl)cc2C1(CC1CC1)C1CC1. The molecular weight excluding hydrogens is 291 g/mol. The molecule has 0 saturated heterocycles. The van der Waals surface area contributed by atoms with Gasteiger partial charge >= 0.3 is 0 Å². The van der Waals surface area contributed by atoms with E-state index >= 15 is 0 Å². The van der Waals surface area contributed by atoms with Gasteiger partial charge in [0, 0.05) is 17.6 Å². The van der Waals surface area contributed by atoms with Crippen LogP contribution in [0.3, 0.4) is 0 Å². The van der Waals surface area contributed by atoms with E-state index in [1.165, 1.54) is 37.7 Å². The van der Waals surface area contributed by atoms with Crippen LogP contribution in [0, 0.1) is 11.8 Å². The van der Waals surface area contributed by atoms with Gasteiger partial charge in [-0.15, -0.1) is 0 Å². The molecule has 2 aliphatic carbocycles. The molecule has 0 aromatic heterocycles. The fourth-order valence-corrected chi connectivity index (χ4v) is 4.12. The number of amidine groups is 1. The average Bonchev–Trinajstić information content (AvgIpc) is 3.28. The van der Waals surface area contributed by atoms with E-state index in [4.69, 9.17) is 23.2 Å². The molecule has 2 fully saturated rings. The first-order valence-electron chi connectivity index (χ1n) is 7.39. The molecule has 0 amide bonds. The fourth-order valence-electron chi connectivity index (χ4n) is 3.70. The standard InChI is InChI=1S/C16H18Cl2N2/c1-20-15(18)19-14-7-6-12(17)8-13(14)16(20,11-4-5-11)9-10-2-3-10/h6-8,10-11H,2-5,9H2,1H3. The van der Waals surface area contributed by atoms with Gasteiger partial charge in [0.2, 0.25) is 0 Å². The topological polar surface area (TPSA) is 15.6 Å². The van der Waals surface area contributed by atoms with E-state index in [0.29, 0.717) is 11.2 Å². The molecule has 1 aliphatic heterocycles. The molecule has 0 bridgehead atoms.